The molecule has 0 radical (unpaired) electrons. The van der Waals surface area contributed by atoms with Gasteiger partial charge in [0.25, 0.3) is 5.91 Å². The molecule has 3 aromatic rings. The average molecular weight is 393 g/mol. The Morgan fingerprint density at radius 3 is 2.52 bits per heavy atom. The van der Waals surface area contributed by atoms with Crippen molar-refractivity contribution in [3.8, 4) is 11.3 Å². The van der Waals surface area contributed by atoms with Crippen molar-refractivity contribution < 1.29 is 4.79 Å². The van der Waals surface area contributed by atoms with Gasteiger partial charge in [0.1, 0.15) is 0 Å². The van der Waals surface area contributed by atoms with Crippen molar-refractivity contribution in [1.82, 2.24) is 34.6 Å². The fourth-order valence-electron chi connectivity index (χ4n) is 5.13. The summed E-state index contributed by atoms with van der Waals surface area (Å²) < 4.78 is 3.62. The Morgan fingerprint density at radius 1 is 1.14 bits per heavy atom. The lowest BCUT2D eigenvalue weighted by atomic mass is 9.98. The summed E-state index contributed by atoms with van der Waals surface area (Å²) in [5.74, 6) is -0.116. The van der Waals surface area contributed by atoms with E-state index in [1.54, 1.807) is 16.8 Å². The van der Waals surface area contributed by atoms with Gasteiger partial charge in [0, 0.05) is 48.7 Å². The summed E-state index contributed by atoms with van der Waals surface area (Å²) in [6, 6.07) is 5.09. The zero-order valence-corrected chi connectivity index (χ0v) is 17.4. The molecule has 2 fully saturated rings. The van der Waals surface area contributed by atoms with Crippen LogP contribution in [-0.2, 0) is 7.05 Å². The van der Waals surface area contributed by atoms with Crippen LogP contribution >= 0.6 is 0 Å². The zero-order valence-electron chi connectivity index (χ0n) is 17.4. The van der Waals surface area contributed by atoms with Crippen LogP contribution in [0.15, 0.2) is 18.3 Å². The minimum absolute atomic E-state index is 0.116. The average Bonchev–Trinajstić information content (AvgIpc) is 3.28. The molecule has 2 aliphatic rings. The summed E-state index contributed by atoms with van der Waals surface area (Å²) in [7, 11) is 4.14. The number of aryl methyl sites for hydroxylation is 2. The van der Waals surface area contributed by atoms with E-state index < -0.39 is 0 Å². The molecule has 2 atom stereocenters. The molecule has 8 nitrogen and oxygen atoms in total. The van der Waals surface area contributed by atoms with Crippen molar-refractivity contribution in [3.63, 3.8) is 0 Å². The number of nitrogens with one attached hydrogen (secondary N) is 1. The third kappa shape index (κ3) is 2.93. The second-order valence-electron chi connectivity index (χ2n) is 8.49. The fourth-order valence-corrected chi connectivity index (χ4v) is 5.13. The Bertz CT molecular complexity index is 1080. The SMILES string of the molecule is Cc1nn(C)c(C)c1-c1ccnc2cc(C(=O)NC3C[C@H]4CC[C@H](C3)N4C)nn12. The highest BCUT2D eigenvalue weighted by atomic mass is 16.2. The van der Waals surface area contributed by atoms with Crippen molar-refractivity contribution in [3.05, 3.63) is 35.4 Å². The van der Waals surface area contributed by atoms with E-state index in [-0.39, 0.29) is 11.9 Å². The maximum Gasteiger partial charge on any atom is 0.272 e. The molecular formula is C21H27N7O. The molecule has 0 aromatic carbocycles. The van der Waals surface area contributed by atoms with Gasteiger partial charge in [-0.25, -0.2) is 9.50 Å². The normalized spacial score (nSPS) is 24.3. The van der Waals surface area contributed by atoms with Gasteiger partial charge in [0.15, 0.2) is 11.3 Å². The van der Waals surface area contributed by atoms with E-state index in [1.165, 1.54) is 12.8 Å². The molecule has 2 saturated heterocycles. The standard InChI is InChI=1S/C21H27N7O/c1-12-20(13(2)27(4)24-12)18-7-8-22-19-11-17(25-28(18)19)21(29)23-14-9-15-5-6-16(10-14)26(15)3/h7-8,11,14-16H,5-6,9-10H2,1-4H3,(H,23,29)/t15-,16-/m1/s1. The molecule has 2 bridgehead atoms. The third-order valence-electron chi connectivity index (χ3n) is 6.79. The summed E-state index contributed by atoms with van der Waals surface area (Å²) in [6.45, 7) is 4.02. The molecule has 1 amide bonds. The molecule has 5 rings (SSSR count). The predicted molar refractivity (Wildman–Crippen MR) is 110 cm³/mol. The molecule has 3 aromatic heterocycles. The number of rotatable bonds is 3. The van der Waals surface area contributed by atoms with Crippen LogP contribution in [-0.4, -0.2) is 60.4 Å². The minimum atomic E-state index is -0.116. The largest absolute Gasteiger partial charge is 0.348 e. The van der Waals surface area contributed by atoms with Gasteiger partial charge in [0.2, 0.25) is 0 Å². The van der Waals surface area contributed by atoms with Crippen LogP contribution in [0.4, 0.5) is 0 Å². The number of carbonyl (C=O) groups excluding carboxylic acids is 1. The first-order valence-electron chi connectivity index (χ1n) is 10.3. The van der Waals surface area contributed by atoms with Gasteiger partial charge in [0.05, 0.1) is 11.4 Å². The number of nitrogens with zero attached hydrogens (tertiary/aromatic N) is 6. The van der Waals surface area contributed by atoms with Gasteiger partial charge in [-0.3, -0.25) is 9.48 Å². The predicted octanol–water partition coefficient (Wildman–Crippen LogP) is 2.10. The molecule has 1 N–H and O–H groups in total. The van der Waals surface area contributed by atoms with Gasteiger partial charge in [-0.15, -0.1) is 0 Å². The van der Waals surface area contributed by atoms with Gasteiger partial charge in [-0.1, -0.05) is 0 Å². The van der Waals surface area contributed by atoms with E-state index in [2.05, 4.69) is 32.4 Å². The summed E-state index contributed by atoms with van der Waals surface area (Å²) in [5, 5.41) is 12.3. The Morgan fingerprint density at radius 2 is 1.86 bits per heavy atom. The molecule has 5 heterocycles. The maximum absolute atomic E-state index is 12.9. The number of piperidine rings is 1. The molecule has 0 saturated carbocycles. The zero-order chi connectivity index (χ0) is 20.3. The number of fused-ring (bicyclic) bond motifs is 3. The van der Waals surface area contributed by atoms with Crippen LogP contribution in [0.1, 0.15) is 47.6 Å². The number of hydrogen-bond donors (Lipinski definition) is 1. The van der Waals surface area contributed by atoms with Crippen LogP contribution in [0.3, 0.4) is 0 Å². The molecule has 0 aliphatic carbocycles. The minimum Gasteiger partial charge on any atom is -0.348 e. The van der Waals surface area contributed by atoms with E-state index in [4.69, 9.17) is 0 Å². The first-order chi connectivity index (χ1) is 13.9. The second-order valence-corrected chi connectivity index (χ2v) is 8.49. The number of hydrogen-bond acceptors (Lipinski definition) is 5. The molecule has 2 aliphatic heterocycles. The molecule has 0 spiro atoms. The van der Waals surface area contributed by atoms with Crippen LogP contribution < -0.4 is 5.32 Å². The topological polar surface area (TPSA) is 80.3 Å². The molecule has 8 heteroatoms. The lowest BCUT2D eigenvalue weighted by molar-refractivity contribution is 0.0877. The molecule has 29 heavy (non-hydrogen) atoms. The van der Waals surface area contributed by atoms with Gasteiger partial charge in [-0.2, -0.15) is 10.2 Å². The van der Waals surface area contributed by atoms with Gasteiger partial charge in [-0.05, 0) is 52.6 Å². The van der Waals surface area contributed by atoms with Gasteiger partial charge < -0.3 is 10.2 Å². The Hall–Kier alpha value is -2.74. The Balaban J connectivity index is 1.44. The summed E-state index contributed by atoms with van der Waals surface area (Å²) in [4.78, 5) is 19.8. The summed E-state index contributed by atoms with van der Waals surface area (Å²) in [5.41, 5.74) is 4.99. The lowest BCUT2D eigenvalue weighted by Gasteiger charge is -2.36. The van der Waals surface area contributed by atoms with E-state index in [0.717, 1.165) is 35.5 Å². The van der Waals surface area contributed by atoms with Crippen LogP contribution in [0.2, 0.25) is 0 Å². The molecular weight excluding hydrogens is 366 g/mol. The quantitative estimate of drug-likeness (QED) is 0.737. The van der Waals surface area contributed by atoms with Gasteiger partial charge >= 0.3 is 0 Å². The second kappa shape index (κ2) is 6.66. The lowest BCUT2D eigenvalue weighted by Crippen LogP contribution is -2.48. The van der Waals surface area contributed by atoms with E-state index in [0.29, 0.717) is 23.4 Å². The monoisotopic (exact) mass is 393 g/mol. The highest BCUT2D eigenvalue weighted by Gasteiger charge is 2.39. The molecule has 152 valence electrons. The highest BCUT2D eigenvalue weighted by molar-refractivity contribution is 5.93. The van der Waals surface area contributed by atoms with Crippen LogP contribution in [0.25, 0.3) is 16.9 Å². The van der Waals surface area contributed by atoms with E-state index in [1.807, 2.05) is 31.6 Å². The Labute approximate surface area is 169 Å². The highest BCUT2D eigenvalue weighted by Crippen LogP contribution is 2.34. The fraction of sp³-hybridized carbons (Fsp3) is 0.524. The number of carbonyl (C=O) groups is 1. The van der Waals surface area contributed by atoms with E-state index >= 15 is 0 Å². The van der Waals surface area contributed by atoms with Crippen LogP contribution in [0.5, 0.6) is 0 Å². The van der Waals surface area contributed by atoms with Crippen molar-refractivity contribution in [1.29, 1.82) is 0 Å². The maximum atomic E-state index is 12.9. The van der Waals surface area contributed by atoms with Crippen molar-refractivity contribution in [2.45, 2.75) is 57.7 Å². The van der Waals surface area contributed by atoms with E-state index in [9.17, 15) is 4.79 Å². The third-order valence-corrected chi connectivity index (χ3v) is 6.79. The molecule has 0 unspecified atom stereocenters. The van der Waals surface area contributed by atoms with Crippen molar-refractivity contribution in [2.24, 2.45) is 7.05 Å². The Kier molecular flexibility index (Phi) is 4.20. The summed E-state index contributed by atoms with van der Waals surface area (Å²) >= 11 is 0. The smallest absolute Gasteiger partial charge is 0.272 e. The number of aromatic nitrogens is 5. The van der Waals surface area contributed by atoms with Crippen molar-refractivity contribution >= 4 is 11.6 Å². The first kappa shape index (κ1) is 18.3. The summed E-state index contributed by atoms with van der Waals surface area (Å²) in [6.07, 6.45) is 6.26. The first-order valence-corrected chi connectivity index (χ1v) is 10.3. The van der Waals surface area contributed by atoms with Crippen molar-refractivity contribution in [2.75, 3.05) is 7.05 Å². The van der Waals surface area contributed by atoms with Crippen LogP contribution in [0, 0.1) is 13.8 Å². The number of amides is 1.